The third-order valence-electron chi connectivity index (χ3n) is 4.22. The fraction of sp³-hybridized carbons (Fsp3) is 0.556. The molecule has 0 unspecified atom stereocenters. The van der Waals surface area contributed by atoms with Gasteiger partial charge in [0, 0.05) is 38.2 Å². The van der Waals surface area contributed by atoms with Crippen molar-refractivity contribution in [3.8, 4) is 5.75 Å². The first-order valence-corrected chi connectivity index (χ1v) is 8.36. The third kappa shape index (κ3) is 4.71. The van der Waals surface area contributed by atoms with Crippen LogP contribution in [0, 0.1) is 0 Å². The highest BCUT2D eigenvalue weighted by atomic mass is 16.5. The summed E-state index contributed by atoms with van der Waals surface area (Å²) < 4.78 is 5.12. The quantitative estimate of drug-likeness (QED) is 0.838. The largest absolute Gasteiger partial charge is 0.497 e. The lowest BCUT2D eigenvalue weighted by molar-refractivity contribution is -0.131. The van der Waals surface area contributed by atoms with Crippen molar-refractivity contribution < 1.29 is 14.3 Å². The first kappa shape index (κ1) is 17.3. The molecule has 0 aliphatic carbocycles. The number of methoxy groups -OCH3 is 1. The Bertz CT molecular complexity index is 528. The van der Waals surface area contributed by atoms with Crippen LogP contribution in [0.5, 0.6) is 5.75 Å². The van der Waals surface area contributed by atoms with E-state index in [4.69, 9.17) is 4.74 Å². The highest BCUT2D eigenvalue weighted by molar-refractivity contribution is 5.94. The van der Waals surface area contributed by atoms with E-state index in [0.29, 0.717) is 31.6 Å². The van der Waals surface area contributed by atoms with E-state index in [0.717, 1.165) is 31.6 Å². The monoisotopic (exact) mass is 318 g/mol. The number of carbonyl (C=O) groups is 2. The zero-order valence-electron chi connectivity index (χ0n) is 14.1. The Morgan fingerprint density at radius 2 is 1.70 bits per heavy atom. The van der Waals surface area contributed by atoms with Crippen LogP contribution in [0.1, 0.15) is 43.0 Å². The molecule has 1 aliphatic rings. The predicted octanol–water partition coefficient (Wildman–Crippen LogP) is 2.56. The van der Waals surface area contributed by atoms with Gasteiger partial charge in [0.05, 0.1) is 7.11 Å². The Labute approximate surface area is 138 Å². The number of ether oxygens (including phenoxy) is 1. The van der Waals surface area contributed by atoms with Gasteiger partial charge in [0.15, 0.2) is 0 Å². The van der Waals surface area contributed by atoms with Gasteiger partial charge in [-0.1, -0.05) is 13.3 Å². The van der Waals surface area contributed by atoms with Crippen LogP contribution in [-0.4, -0.2) is 54.9 Å². The van der Waals surface area contributed by atoms with Crippen LogP contribution >= 0.6 is 0 Å². The van der Waals surface area contributed by atoms with E-state index in [9.17, 15) is 9.59 Å². The second-order valence-corrected chi connectivity index (χ2v) is 5.86. The molecule has 2 rings (SSSR count). The summed E-state index contributed by atoms with van der Waals surface area (Å²) in [6.07, 6.45) is 3.41. The first-order chi connectivity index (χ1) is 11.2. The number of carbonyl (C=O) groups excluding carboxylic acids is 2. The lowest BCUT2D eigenvalue weighted by atomic mass is 10.2. The summed E-state index contributed by atoms with van der Waals surface area (Å²) in [7, 11) is 1.61. The van der Waals surface area contributed by atoms with Gasteiger partial charge < -0.3 is 14.5 Å². The summed E-state index contributed by atoms with van der Waals surface area (Å²) in [6, 6.07) is 7.17. The first-order valence-electron chi connectivity index (χ1n) is 8.36. The van der Waals surface area contributed by atoms with Crippen molar-refractivity contribution in [3.05, 3.63) is 29.8 Å². The van der Waals surface area contributed by atoms with Crippen molar-refractivity contribution in [3.63, 3.8) is 0 Å². The Morgan fingerprint density at radius 3 is 2.35 bits per heavy atom. The van der Waals surface area contributed by atoms with Crippen LogP contribution in [0.25, 0.3) is 0 Å². The van der Waals surface area contributed by atoms with Gasteiger partial charge in [-0.05, 0) is 37.1 Å². The zero-order chi connectivity index (χ0) is 16.7. The van der Waals surface area contributed by atoms with Crippen LogP contribution in [0.3, 0.4) is 0 Å². The predicted molar refractivity (Wildman–Crippen MR) is 89.6 cm³/mol. The van der Waals surface area contributed by atoms with Gasteiger partial charge in [-0.2, -0.15) is 0 Å². The van der Waals surface area contributed by atoms with Crippen molar-refractivity contribution in [2.75, 3.05) is 33.3 Å². The average molecular weight is 318 g/mol. The van der Waals surface area contributed by atoms with Crippen LogP contribution < -0.4 is 4.74 Å². The second-order valence-electron chi connectivity index (χ2n) is 5.86. The minimum atomic E-state index is 0.0236. The molecule has 1 saturated heterocycles. The smallest absolute Gasteiger partial charge is 0.253 e. The van der Waals surface area contributed by atoms with Gasteiger partial charge in [0.25, 0.3) is 5.91 Å². The van der Waals surface area contributed by atoms with Gasteiger partial charge in [-0.25, -0.2) is 0 Å². The summed E-state index contributed by atoms with van der Waals surface area (Å²) in [6.45, 7) is 4.76. The van der Waals surface area contributed by atoms with Gasteiger partial charge >= 0.3 is 0 Å². The van der Waals surface area contributed by atoms with Gasteiger partial charge in [0.2, 0.25) is 5.91 Å². The van der Waals surface area contributed by atoms with Gasteiger partial charge in [-0.15, -0.1) is 0 Å². The molecule has 0 saturated carbocycles. The van der Waals surface area contributed by atoms with E-state index in [-0.39, 0.29) is 11.8 Å². The van der Waals surface area contributed by atoms with Gasteiger partial charge in [-0.3, -0.25) is 9.59 Å². The van der Waals surface area contributed by atoms with E-state index >= 15 is 0 Å². The molecule has 5 nitrogen and oxygen atoms in total. The number of benzene rings is 1. The van der Waals surface area contributed by atoms with Crippen molar-refractivity contribution >= 4 is 11.8 Å². The van der Waals surface area contributed by atoms with Crippen LogP contribution in [0.4, 0.5) is 0 Å². The number of hydrogen-bond donors (Lipinski definition) is 0. The maximum absolute atomic E-state index is 12.6. The fourth-order valence-electron chi connectivity index (χ4n) is 2.77. The molecule has 0 spiro atoms. The number of rotatable bonds is 5. The molecule has 126 valence electrons. The van der Waals surface area contributed by atoms with Crippen molar-refractivity contribution in [1.82, 2.24) is 9.80 Å². The van der Waals surface area contributed by atoms with Crippen LogP contribution in [0.15, 0.2) is 24.3 Å². The minimum absolute atomic E-state index is 0.0236. The Kier molecular flexibility index (Phi) is 6.44. The molecule has 0 N–H and O–H groups in total. The zero-order valence-corrected chi connectivity index (χ0v) is 14.1. The van der Waals surface area contributed by atoms with Crippen molar-refractivity contribution in [2.45, 2.75) is 32.6 Å². The van der Waals surface area contributed by atoms with E-state index in [1.165, 1.54) is 0 Å². The SMILES string of the molecule is CCCCC(=O)N1CCCN(C(=O)c2ccc(OC)cc2)CC1. The second kappa shape index (κ2) is 8.56. The van der Waals surface area contributed by atoms with E-state index in [2.05, 4.69) is 6.92 Å². The molecule has 2 amide bonds. The maximum Gasteiger partial charge on any atom is 0.253 e. The molecule has 5 heteroatoms. The number of unbranched alkanes of at least 4 members (excludes halogenated alkanes) is 1. The summed E-state index contributed by atoms with van der Waals surface area (Å²) in [5, 5.41) is 0. The molecule has 0 aromatic heterocycles. The molecule has 1 fully saturated rings. The topological polar surface area (TPSA) is 49.9 Å². The summed E-state index contributed by atoms with van der Waals surface area (Å²) in [5.74, 6) is 0.978. The average Bonchev–Trinajstić information content (AvgIpc) is 2.85. The molecule has 1 aromatic rings. The van der Waals surface area contributed by atoms with E-state index in [1.807, 2.05) is 9.80 Å². The third-order valence-corrected chi connectivity index (χ3v) is 4.22. The Morgan fingerprint density at radius 1 is 1.04 bits per heavy atom. The normalized spacial score (nSPS) is 15.2. The molecule has 23 heavy (non-hydrogen) atoms. The number of nitrogens with zero attached hydrogens (tertiary/aromatic N) is 2. The molecular weight excluding hydrogens is 292 g/mol. The minimum Gasteiger partial charge on any atom is -0.497 e. The maximum atomic E-state index is 12.6. The van der Waals surface area contributed by atoms with Crippen molar-refractivity contribution in [2.24, 2.45) is 0 Å². The lowest BCUT2D eigenvalue weighted by Gasteiger charge is -2.22. The Hall–Kier alpha value is -2.04. The molecule has 0 radical (unpaired) electrons. The van der Waals surface area contributed by atoms with E-state index in [1.54, 1.807) is 31.4 Å². The lowest BCUT2D eigenvalue weighted by Crippen LogP contribution is -2.37. The van der Waals surface area contributed by atoms with Crippen molar-refractivity contribution in [1.29, 1.82) is 0 Å². The summed E-state index contributed by atoms with van der Waals surface area (Å²) in [5.41, 5.74) is 0.663. The molecular formula is C18H26N2O3. The molecule has 1 aliphatic heterocycles. The van der Waals surface area contributed by atoms with Crippen LogP contribution in [0.2, 0.25) is 0 Å². The highest BCUT2D eigenvalue weighted by Gasteiger charge is 2.22. The number of amides is 2. The van der Waals surface area contributed by atoms with E-state index < -0.39 is 0 Å². The van der Waals surface area contributed by atoms with Crippen LogP contribution in [-0.2, 0) is 4.79 Å². The molecule has 1 heterocycles. The molecule has 0 atom stereocenters. The van der Waals surface area contributed by atoms with Gasteiger partial charge in [0.1, 0.15) is 5.75 Å². The molecule has 0 bridgehead atoms. The fourth-order valence-corrected chi connectivity index (χ4v) is 2.77. The molecule has 1 aromatic carbocycles. The highest BCUT2D eigenvalue weighted by Crippen LogP contribution is 2.15. The summed E-state index contributed by atoms with van der Waals surface area (Å²) >= 11 is 0. The standard InChI is InChI=1S/C18H26N2O3/c1-3-4-6-17(21)19-11-5-12-20(14-13-19)18(22)15-7-9-16(23-2)10-8-15/h7-10H,3-6,11-14H2,1-2H3. The number of hydrogen-bond acceptors (Lipinski definition) is 3. The Balaban J connectivity index is 1.93. The summed E-state index contributed by atoms with van der Waals surface area (Å²) in [4.78, 5) is 28.5.